The van der Waals surface area contributed by atoms with E-state index in [-0.39, 0.29) is 23.3 Å². The van der Waals surface area contributed by atoms with Crippen molar-refractivity contribution in [1.29, 1.82) is 0 Å². The van der Waals surface area contributed by atoms with Gasteiger partial charge in [-0.25, -0.2) is 4.79 Å². The molecule has 2 aromatic rings. The van der Waals surface area contributed by atoms with Gasteiger partial charge in [0.1, 0.15) is 5.75 Å². The molecule has 0 saturated carbocycles. The van der Waals surface area contributed by atoms with E-state index in [4.69, 9.17) is 21.1 Å². The molecule has 0 radical (unpaired) electrons. The zero-order chi connectivity index (χ0) is 16.3. The van der Waals surface area contributed by atoms with Gasteiger partial charge < -0.3 is 9.47 Å². The summed E-state index contributed by atoms with van der Waals surface area (Å²) in [7, 11) is 3.10. The van der Waals surface area contributed by atoms with Gasteiger partial charge in [0.25, 0.3) is 5.56 Å². The summed E-state index contributed by atoms with van der Waals surface area (Å²) in [5.41, 5.74) is 0.779. The number of aromatic nitrogens is 2. The molecular weight excluding hydrogens is 320 g/mol. The third-order valence-electron chi connectivity index (χ3n) is 4.70. The Morgan fingerprint density at radius 3 is 2.61 bits per heavy atom. The van der Waals surface area contributed by atoms with Gasteiger partial charge in [-0.2, -0.15) is 0 Å². The molecule has 2 atom stereocenters. The lowest BCUT2D eigenvalue weighted by Gasteiger charge is -2.38. The molecule has 1 aromatic heterocycles. The van der Waals surface area contributed by atoms with Gasteiger partial charge in [0.15, 0.2) is 0 Å². The minimum atomic E-state index is -0.404. The van der Waals surface area contributed by atoms with Crippen molar-refractivity contribution >= 4 is 11.6 Å². The van der Waals surface area contributed by atoms with E-state index in [1.807, 2.05) is 12.1 Å². The standard InChI is InChI=1S/C16H15ClN2O4/c1-18-13-11-7-22-12-4-3-8(17)5-9(12)10(11)6-23-14(13)15(20)19(2)16(18)21/h3-5,10-11H,6-7H2,1-2H3/t10-,11+/m1/s1. The molecule has 23 heavy (non-hydrogen) atoms. The van der Waals surface area contributed by atoms with Crippen LogP contribution in [0.25, 0.3) is 0 Å². The van der Waals surface area contributed by atoms with Gasteiger partial charge in [0.05, 0.1) is 18.9 Å². The number of benzene rings is 1. The molecule has 6 nitrogen and oxygen atoms in total. The van der Waals surface area contributed by atoms with Crippen molar-refractivity contribution in [1.82, 2.24) is 9.13 Å². The second-order valence-corrected chi connectivity index (χ2v) is 6.37. The first-order valence-corrected chi connectivity index (χ1v) is 7.71. The van der Waals surface area contributed by atoms with E-state index in [9.17, 15) is 9.59 Å². The number of nitrogens with zero attached hydrogens (tertiary/aromatic N) is 2. The maximum Gasteiger partial charge on any atom is 0.330 e. The van der Waals surface area contributed by atoms with Crippen LogP contribution in [0.4, 0.5) is 0 Å². The Morgan fingerprint density at radius 2 is 1.83 bits per heavy atom. The highest BCUT2D eigenvalue weighted by Gasteiger charge is 2.40. The maximum atomic E-state index is 12.3. The average Bonchev–Trinajstić information content (AvgIpc) is 2.56. The molecule has 2 aliphatic rings. The van der Waals surface area contributed by atoms with Gasteiger partial charge in [-0.1, -0.05) is 11.6 Å². The minimum absolute atomic E-state index is 0.00246. The van der Waals surface area contributed by atoms with Crippen LogP contribution in [-0.4, -0.2) is 22.3 Å². The lowest BCUT2D eigenvalue weighted by Crippen LogP contribution is -2.45. The van der Waals surface area contributed by atoms with Gasteiger partial charge in [0, 0.05) is 36.5 Å². The quantitative estimate of drug-likeness (QED) is 0.730. The Hall–Kier alpha value is -2.21. The highest BCUT2D eigenvalue weighted by atomic mass is 35.5. The van der Waals surface area contributed by atoms with Gasteiger partial charge >= 0.3 is 5.69 Å². The molecule has 4 rings (SSSR count). The summed E-state index contributed by atoms with van der Waals surface area (Å²) in [6, 6.07) is 5.48. The van der Waals surface area contributed by atoms with Crippen LogP contribution in [0.2, 0.25) is 5.02 Å². The molecule has 2 aliphatic heterocycles. The average molecular weight is 335 g/mol. The van der Waals surface area contributed by atoms with E-state index in [1.54, 1.807) is 13.1 Å². The van der Waals surface area contributed by atoms with Crippen LogP contribution in [0, 0.1) is 0 Å². The van der Waals surface area contributed by atoms with Crippen LogP contribution in [-0.2, 0) is 14.1 Å². The largest absolute Gasteiger partial charge is 0.493 e. The summed E-state index contributed by atoms with van der Waals surface area (Å²) in [5, 5.41) is 0.622. The molecule has 120 valence electrons. The van der Waals surface area contributed by atoms with Crippen molar-refractivity contribution in [3.05, 3.63) is 55.3 Å². The van der Waals surface area contributed by atoms with Gasteiger partial charge in [-0.3, -0.25) is 13.9 Å². The predicted molar refractivity (Wildman–Crippen MR) is 84.8 cm³/mol. The van der Waals surface area contributed by atoms with E-state index in [2.05, 4.69) is 0 Å². The van der Waals surface area contributed by atoms with Crippen LogP contribution >= 0.6 is 11.6 Å². The molecule has 0 spiro atoms. The first-order chi connectivity index (χ1) is 11.0. The van der Waals surface area contributed by atoms with Crippen LogP contribution in [0.15, 0.2) is 27.8 Å². The van der Waals surface area contributed by atoms with Gasteiger partial charge in [0.2, 0.25) is 5.75 Å². The third kappa shape index (κ3) is 1.94. The Labute approximate surface area is 136 Å². The number of hydrogen-bond donors (Lipinski definition) is 0. The monoisotopic (exact) mass is 334 g/mol. The van der Waals surface area contributed by atoms with Crippen molar-refractivity contribution in [2.75, 3.05) is 13.2 Å². The summed E-state index contributed by atoms with van der Waals surface area (Å²) >= 11 is 6.11. The Kier molecular flexibility index (Phi) is 3.06. The molecule has 0 aliphatic carbocycles. The summed E-state index contributed by atoms with van der Waals surface area (Å²) in [6.07, 6.45) is 0. The zero-order valence-corrected chi connectivity index (χ0v) is 13.5. The summed E-state index contributed by atoms with van der Waals surface area (Å²) in [6.45, 7) is 0.762. The molecule has 0 bridgehead atoms. The lowest BCUT2D eigenvalue weighted by atomic mass is 9.80. The molecule has 0 N–H and O–H groups in total. The second-order valence-electron chi connectivity index (χ2n) is 5.94. The topological polar surface area (TPSA) is 62.5 Å². The van der Waals surface area contributed by atoms with Gasteiger partial charge in [-0.15, -0.1) is 0 Å². The molecule has 3 heterocycles. The molecule has 0 unspecified atom stereocenters. The molecule has 0 fully saturated rings. The van der Waals surface area contributed by atoms with Crippen molar-refractivity contribution in [2.24, 2.45) is 14.1 Å². The number of rotatable bonds is 0. The molecule has 7 heteroatoms. The molecular formula is C16H15ClN2O4. The Bertz CT molecular complexity index is 931. The van der Waals surface area contributed by atoms with E-state index in [0.29, 0.717) is 23.9 Å². The van der Waals surface area contributed by atoms with Crippen molar-refractivity contribution in [2.45, 2.75) is 11.8 Å². The third-order valence-corrected chi connectivity index (χ3v) is 4.94. The Morgan fingerprint density at radius 1 is 1.09 bits per heavy atom. The van der Waals surface area contributed by atoms with E-state index < -0.39 is 5.56 Å². The normalized spacial score (nSPS) is 21.5. The SMILES string of the molecule is Cn1c2c(c(=O)n(C)c1=O)OC[C@@H]1c3cc(Cl)ccc3OC[C@H]21. The number of hydrogen-bond acceptors (Lipinski definition) is 4. The van der Waals surface area contributed by atoms with E-state index >= 15 is 0 Å². The lowest BCUT2D eigenvalue weighted by molar-refractivity contribution is 0.157. The number of halogens is 1. The molecule has 1 aromatic carbocycles. The first kappa shape index (κ1) is 14.4. The summed E-state index contributed by atoms with van der Waals surface area (Å²) in [4.78, 5) is 24.6. The fourth-order valence-electron chi connectivity index (χ4n) is 3.48. The summed E-state index contributed by atoms with van der Waals surface area (Å²) in [5.74, 6) is 0.903. The Balaban J connectivity index is 1.94. The number of fused-ring (bicyclic) bond motifs is 5. The van der Waals surface area contributed by atoms with Crippen molar-refractivity contribution in [3.8, 4) is 11.5 Å². The predicted octanol–water partition coefficient (Wildman–Crippen LogP) is 1.39. The number of ether oxygens (including phenoxy) is 2. The second kappa shape index (κ2) is 4.89. The van der Waals surface area contributed by atoms with Crippen molar-refractivity contribution < 1.29 is 9.47 Å². The molecule has 0 amide bonds. The van der Waals surface area contributed by atoms with Crippen LogP contribution in [0.3, 0.4) is 0 Å². The van der Waals surface area contributed by atoms with Crippen LogP contribution in [0.5, 0.6) is 11.5 Å². The maximum absolute atomic E-state index is 12.3. The van der Waals surface area contributed by atoms with Crippen LogP contribution < -0.4 is 20.7 Å². The smallest absolute Gasteiger partial charge is 0.330 e. The van der Waals surface area contributed by atoms with E-state index in [1.165, 1.54) is 11.6 Å². The van der Waals surface area contributed by atoms with Gasteiger partial charge in [-0.05, 0) is 18.2 Å². The highest BCUT2D eigenvalue weighted by Crippen LogP contribution is 2.46. The fourth-order valence-corrected chi connectivity index (χ4v) is 3.66. The highest BCUT2D eigenvalue weighted by molar-refractivity contribution is 6.30. The fraction of sp³-hybridized carbons (Fsp3) is 0.375. The zero-order valence-electron chi connectivity index (χ0n) is 12.7. The minimum Gasteiger partial charge on any atom is -0.493 e. The molecule has 0 saturated heterocycles. The van der Waals surface area contributed by atoms with Crippen molar-refractivity contribution in [3.63, 3.8) is 0 Å². The van der Waals surface area contributed by atoms with Crippen LogP contribution in [0.1, 0.15) is 23.1 Å². The summed E-state index contributed by atoms with van der Waals surface area (Å²) < 4.78 is 14.1. The first-order valence-electron chi connectivity index (χ1n) is 7.34. The van der Waals surface area contributed by atoms with E-state index in [0.717, 1.165) is 15.9 Å².